The number of amides is 1. The van der Waals surface area contributed by atoms with Crippen molar-refractivity contribution in [3.05, 3.63) is 59.1 Å². The Kier molecular flexibility index (Phi) is 6.44. The maximum Gasteiger partial charge on any atom is 0.255 e. The molecule has 0 heterocycles. The molecule has 0 aliphatic heterocycles. The van der Waals surface area contributed by atoms with E-state index < -0.39 is 0 Å². The van der Waals surface area contributed by atoms with Crippen molar-refractivity contribution in [3.63, 3.8) is 0 Å². The van der Waals surface area contributed by atoms with Crippen molar-refractivity contribution in [2.75, 3.05) is 27.2 Å². The monoisotopic (exact) mass is 332 g/mol. The first-order chi connectivity index (χ1) is 11.1. The van der Waals surface area contributed by atoms with Crippen molar-refractivity contribution in [3.8, 4) is 11.5 Å². The van der Waals surface area contributed by atoms with Crippen LogP contribution >= 0.6 is 11.6 Å². The minimum Gasteiger partial charge on any atom is -0.456 e. The lowest BCUT2D eigenvalue weighted by Crippen LogP contribution is -2.27. The number of nitrogens with zero attached hydrogens (tertiary/aromatic N) is 1. The second kappa shape index (κ2) is 8.56. The highest BCUT2D eigenvalue weighted by Crippen LogP contribution is 2.28. The van der Waals surface area contributed by atoms with Crippen molar-refractivity contribution in [2.45, 2.75) is 6.42 Å². The molecule has 0 aromatic heterocycles. The molecule has 0 fully saturated rings. The van der Waals surface area contributed by atoms with Gasteiger partial charge in [0.25, 0.3) is 5.91 Å². The maximum absolute atomic E-state index is 12.4. The molecular weight excluding hydrogens is 312 g/mol. The van der Waals surface area contributed by atoms with Crippen LogP contribution in [0, 0.1) is 0 Å². The van der Waals surface area contributed by atoms with Gasteiger partial charge in [-0.1, -0.05) is 29.8 Å². The molecule has 0 aliphatic carbocycles. The lowest BCUT2D eigenvalue weighted by molar-refractivity contribution is 0.0950. The third-order valence-electron chi connectivity index (χ3n) is 3.23. The number of carbonyl (C=O) groups is 1. The van der Waals surface area contributed by atoms with Crippen LogP contribution < -0.4 is 10.1 Å². The van der Waals surface area contributed by atoms with Gasteiger partial charge in [-0.25, -0.2) is 0 Å². The number of hydrogen-bond donors (Lipinski definition) is 1. The standard InChI is InChI=1S/C18H21ClN2O2/c1-21(2)12-6-11-20-18(22)16-10-9-14(19)13-17(16)23-15-7-4-3-5-8-15/h3-5,7-10,13H,6,11-12H2,1-2H3,(H,20,22). The fraction of sp³-hybridized carbons (Fsp3) is 0.278. The summed E-state index contributed by atoms with van der Waals surface area (Å²) >= 11 is 6.03. The molecule has 0 aliphatic rings. The van der Waals surface area contributed by atoms with Crippen LogP contribution in [0.25, 0.3) is 0 Å². The Morgan fingerprint density at radius 1 is 1.17 bits per heavy atom. The van der Waals surface area contributed by atoms with Gasteiger partial charge in [0.15, 0.2) is 0 Å². The van der Waals surface area contributed by atoms with E-state index in [1.165, 1.54) is 0 Å². The average Bonchev–Trinajstić information content (AvgIpc) is 2.52. The van der Waals surface area contributed by atoms with Gasteiger partial charge in [0.1, 0.15) is 11.5 Å². The summed E-state index contributed by atoms with van der Waals surface area (Å²) in [6.45, 7) is 1.54. The van der Waals surface area contributed by atoms with Gasteiger partial charge < -0.3 is 15.0 Å². The Hall–Kier alpha value is -2.04. The summed E-state index contributed by atoms with van der Waals surface area (Å²) in [7, 11) is 4.01. The van der Waals surface area contributed by atoms with E-state index in [0.717, 1.165) is 13.0 Å². The first-order valence-electron chi connectivity index (χ1n) is 7.51. The Bertz CT molecular complexity index is 645. The Morgan fingerprint density at radius 2 is 1.91 bits per heavy atom. The molecule has 0 saturated carbocycles. The molecule has 23 heavy (non-hydrogen) atoms. The number of carbonyl (C=O) groups excluding carboxylic acids is 1. The Labute approximate surface area is 142 Å². The number of para-hydroxylation sites is 1. The molecule has 5 heteroatoms. The zero-order valence-corrected chi connectivity index (χ0v) is 14.1. The molecule has 2 rings (SSSR count). The van der Waals surface area contributed by atoms with E-state index in [2.05, 4.69) is 10.2 Å². The van der Waals surface area contributed by atoms with Gasteiger partial charge in [0, 0.05) is 17.6 Å². The quantitative estimate of drug-likeness (QED) is 0.784. The summed E-state index contributed by atoms with van der Waals surface area (Å²) < 4.78 is 5.80. The van der Waals surface area contributed by atoms with Gasteiger partial charge >= 0.3 is 0 Å². The van der Waals surface area contributed by atoms with Gasteiger partial charge in [0.05, 0.1) is 5.56 Å². The predicted molar refractivity (Wildman–Crippen MR) is 93.5 cm³/mol. The van der Waals surface area contributed by atoms with Crippen LogP contribution in [-0.2, 0) is 0 Å². The van der Waals surface area contributed by atoms with Crippen molar-refractivity contribution in [1.29, 1.82) is 0 Å². The third-order valence-corrected chi connectivity index (χ3v) is 3.46. The van der Waals surface area contributed by atoms with E-state index in [1.54, 1.807) is 18.2 Å². The van der Waals surface area contributed by atoms with Gasteiger partial charge in [0.2, 0.25) is 0 Å². The van der Waals surface area contributed by atoms with E-state index >= 15 is 0 Å². The van der Waals surface area contributed by atoms with Gasteiger partial charge in [-0.2, -0.15) is 0 Å². The molecule has 0 unspecified atom stereocenters. The fourth-order valence-corrected chi connectivity index (χ4v) is 2.24. The minimum atomic E-state index is -0.161. The highest BCUT2D eigenvalue weighted by molar-refractivity contribution is 6.30. The Morgan fingerprint density at radius 3 is 2.61 bits per heavy atom. The van der Waals surface area contributed by atoms with Crippen LogP contribution in [0.15, 0.2) is 48.5 Å². The zero-order chi connectivity index (χ0) is 16.7. The lowest BCUT2D eigenvalue weighted by atomic mass is 10.2. The van der Waals surface area contributed by atoms with Crippen LogP contribution in [0.1, 0.15) is 16.8 Å². The molecule has 122 valence electrons. The number of rotatable bonds is 7. The van der Waals surface area contributed by atoms with E-state index in [9.17, 15) is 4.79 Å². The SMILES string of the molecule is CN(C)CCCNC(=O)c1ccc(Cl)cc1Oc1ccccc1. The fourth-order valence-electron chi connectivity index (χ4n) is 2.08. The molecular formula is C18H21ClN2O2. The predicted octanol–water partition coefficient (Wildman–Crippen LogP) is 3.81. The zero-order valence-electron chi connectivity index (χ0n) is 13.4. The van der Waals surface area contributed by atoms with Crippen LogP contribution in [0.2, 0.25) is 5.02 Å². The van der Waals surface area contributed by atoms with Crippen molar-refractivity contribution < 1.29 is 9.53 Å². The summed E-state index contributed by atoms with van der Waals surface area (Å²) in [6.07, 6.45) is 0.890. The molecule has 1 amide bonds. The molecule has 4 nitrogen and oxygen atoms in total. The Balaban J connectivity index is 2.07. The second-order valence-electron chi connectivity index (χ2n) is 5.47. The molecule has 2 aromatic rings. The van der Waals surface area contributed by atoms with Crippen LogP contribution in [-0.4, -0.2) is 38.0 Å². The highest BCUT2D eigenvalue weighted by Gasteiger charge is 2.13. The maximum atomic E-state index is 12.4. The van der Waals surface area contributed by atoms with E-state index in [4.69, 9.17) is 16.3 Å². The molecule has 0 radical (unpaired) electrons. The number of hydrogen-bond acceptors (Lipinski definition) is 3. The van der Waals surface area contributed by atoms with Crippen LogP contribution in [0.3, 0.4) is 0 Å². The van der Waals surface area contributed by atoms with Crippen LogP contribution in [0.5, 0.6) is 11.5 Å². The molecule has 2 aromatic carbocycles. The minimum absolute atomic E-state index is 0.161. The number of nitrogens with one attached hydrogen (secondary N) is 1. The molecule has 0 atom stereocenters. The van der Waals surface area contributed by atoms with Crippen molar-refractivity contribution >= 4 is 17.5 Å². The van der Waals surface area contributed by atoms with Crippen LogP contribution in [0.4, 0.5) is 0 Å². The summed E-state index contributed by atoms with van der Waals surface area (Å²) in [5, 5.41) is 3.44. The molecule has 0 saturated heterocycles. The topological polar surface area (TPSA) is 41.6 Å². The number of benzene rings is 2. The van der Waals surface area contributed by atoms with Crippen molar-refractivity contribution in [2.24, 2.45) is 0 Å². The average molecular weight is 333 g/mol. The van der Waals surface area contributed by atoms with Crippen molar-refractivity contribution in [1.82, 2.24) is 10.2 Å². The summed E-state index contributed by atoms with van der Waals surface area (Å²) in [5.74, 6) is 0.955. The van der Waals surface area contributed by atoms with Gasteiger partial charge in [-0.05, 0) is 51.3 Å². The number of ether oxygens (including phenoxy) is 1. The highest BCUT2D eigenvalue weighted by atomic mass is 35.5. The van der Waals surface area contributed by atoms with E-state index in [0.29, 0.717) is 28.6 Å². The third kappa shape index (κ3) is 5.58. The molecule has 0 bridgehead atoms. The molecule has 0 spiro atoms. The number of halogens is 1. The van der Waals surface area contributed by atoms with E-state index in [1.807, 2.05) is 44.4 Å². The normalized spacial score (nSPS) is 10.6. The summed E-state index contributed by atoms with van der Waals surface area (Å²) in [6, 6.07) is 14.4. The molecule has 1 N–H and O–H groups in total. The first kappa shape index (κ1) is 17.3. The smallest absolute Gasteiger partial charge is 0.255 e. The van der Waals surface area contributed by atoms with E-state index in [-0.39, 0.29) is 5.91 Å². The van der Waals surface area contributed by atoms with Gasteiger partial charge in [-0.15, -0.1) is 0 Å². The first-order valence-corrected chi connectivity index (χ1v) is 7.89. The second-order valence-corrected chi connectivity index (χ2v) is 5.90. The lowest BCUT2D eigenvalue weighted by Gasteiger charge is -2.13. The van der Waals surface area contributed by atoms with Gasteiger partial charge in [-0.3, -0.25) is 4.79 Å². The summed E-state index contributed by atoms with van der Waals surface area (Å²) in [4.78, 5) is 14.4. The largest absolute Gasteiger partial charge is 0.456 e. The summed E-state index contributed by atoms with van der Waals surface area (Å²) in [5.41, 5.74) is 0.475.